The summed E-state index contributed by atoms with van der Waals surface area (Å²) in [5.74, 6) is -0.428. The van der Waals surface area contributed by atoms with Gasteiger partial charge in [0.2, 0.25) is 5.91 Å². The van der Waals surface area contributed by atoms with Gasteiger partial charge in [-0.2, -0.15) is 18.4 Å². The van der Waals surface area contributed by atoms with Crippen LogP contribution in [0.1, 0.15) is 31.9 Å². The van der Waals surface area contributed by atoms with Gasteiger partial charge in [-0.15, -0.1) is 0 Å². The van der Waals surface area contributed by atoms with Gasteiger partial charge in [0.25, 0.3) is 0 Å². The lowest BCUT2D eigenvalue weighted by Gasteiger charge is -2.19. The minimum absolute atomic E-state index is 0.0897. The summed E-state index contributed by atoms with van der Waals surface area (Å²) in [6.07, 6.45) is -2.24. The average molecular weight is 463 g/mol. The first-order valence-electron chi connectivity index (χ1n) is 9.83. The van der Waals surface area contributed by atoms with E-state index < -0.39 is 29.1 Å². The number of rotatable bonds is 8. The summed E-state index contributed by atoms with van der Waals surface area (Å²) in [5, 5.41) is 10.9. The monoisotopic (exact) mass is 462 g/mol. The highest BCUT2D eigenvalue weighted by atomic mass is 35.5. The van der Waals surface area contributed by atoms with Crippen LogP contribution in [-0.2, 0) is 4.79 Å². The quantitative estimate of drug-likeness (QED) is 0.438. The normalized spacial score (nSPS) is 14.3. The highest BCUT2D eigenvalue weighted by Gasteiger charge is 2.33. The summed E-state index contributed by atoms with van der Waals surface area (Å²) in [4.78, 5) is 12.8. The van der Waals surface area contributed by atoms with Gasteiger partial charge < -0.3 is 10.1 Å². The Balaban J connectivity index is 2.21. The van der Waals surface area contributed by atoms with Crippen molar-refractivity contribution >= 4 is 17.5 Å². The molecule has 8 heteroatoms. The Morgan fingerprint density at radius 1 is 1.19 bits per heavy atom. The third-order valence-corrected chi connectivity index (χ3v) is 4.95. The van der Waals surface area contributed by atoms with E-state index >= 15 is 0 Å². The Labute approximate surface area is 190 Å². The molecular weight excluding hydrogens is 441 g/mol. The Bertz CT molecular complexity index is 1030. The van der Waals surface area contributed by atoms with Gasteiger partial charge in [-0.3, -0.25) is 4.79 Å². The maximum atomic E-state index is 12.8. The predicted molar refractivity (Wildman–Crippen MR) is 117 cm³/mol. The van der Waals surface area contributed by atoms with Crippen LogP contribution in [0.25, 0.3) is 0 Å². The van der Waals surface area contributed by atoms with Gasteiger partial charge in [0.05, 0.1) is 6.07 Å². The van der Waals surface area contributed by atoms with Crippen molar-refractivity contribution in [2.24, 2.45) is 5.92 Å². The average Bonchev–Trinajstić information content (AvgIpc) is 2.77. The summed E-state index contributed by atoms with van der Waals surface area (Å²) in [6.45, 7) is 3.19. The van der Waals surface area contributed by atoms with Crippen LogP contribution in [-0.4, -0.2) is 12.1 Å². The topological polar surface area (TPSA) is 62.1 Å². The summed E-state index contributed by atoms with van der Waals surface area (Å²) in [5.41, 5.74) is 0.563. The number of halogens is 4. The molecule has 2 aromatic rings. The molecule has 0 aromatic heterocycles. The molecule has 0 radical (unpaired) electrons. The first-order chi connectivity index (χ1) is 15.2. The third kappa shape index (κ3) is 6.89. The van der Waals surface area contributed by atoms with E-state index in [0.717, 1.165) is 6.08 Å². The van der Waals surface area contributed by atoms with Gasteiger partial charge in [0.1, 0.15) is 22.6 Å². The van der Waals surface area contributed by atoms with Crippen LogP contribution in [0.3, 0.4) is 0 Å². The number of hydrogen-bond donors (Lipinski definition) is 1. The fourth-order valence-electron chi connectivity index (χ4n) is 3.00. The van der Waals surface area contributed by atoms with Crippen LogP contribution in [0.4, 0.5) is 13.2 Å². The smallest absolute Gasteiger partial charge is 0.426 e. The standard InChI is InChI=1S/C24H22ClF3N2O2/c1-3-16(14-22(25)24(26,27)28)20(4-2)23(31)30-21(15-29)17-9-8-12-19(13-17)32-18-10-6-5-7-11-18/h4-14,16,21H,3H2,1-2H3,(H,30,31)/b20-4-,22-14-. The lowest BCUT2D eigenvalue weighted by atomic mass is 9.94. The van der Waals surface area contributed by atoms with E-state index in [0.29, 0.717) is 17.1 Å². The molecule has 0 aliphatic carbocycles. The number of para-hydroxylation sites is 1. The van der Waals surface area contributed by atoms with Crippen LogP contribution < -0.4 is 10.1 Å². The van der Waals surface area contributed by atoms with E-state index in [4.69, 9.17) is 16.3 Å². The van der Waals surface area contributed by atoms with Crippen LogP contribution in [0.5, 0.6) is 11.5 Å². The molecule has 0 saturated carbocycles. The summed E-state index contributed by atoms with van der Waals surface area (Å²) < 4.78 is 44.2. The molecule has 0 bridgehead atoms. The van der Waals surface area contributed by atoms with Gasteiger partial charge >= 0.3 is 6.18 Å². The lowest BCUT2D eigenvalue weighted by molar-refractivity contribution is -0.118. The van der Waals surface area contributed by atoms with Crippen molar-refractivity contribution in [2.75, 3.05) is 0 Å². The molecule has 1 amide bonds. The molecular formula is C24H22ClF3N2O2. The van der Waals surface area contributed by atoms with Crippen molar-refractivity contribution in [1.82, 2.24) is 5.32 Å². The molecule has 0 saturated heterocycles. The molecule has 168 valence electrons. The van der Waals surface area contributed by atoms with Crippen LogP contribution in [0.15, 0.2) is 77.4 Å². The number of nitrogens with zero attached hydrogens (tertiary/aromatic N) is 1. The van der Waals surface area contributed by atoms with Crippen LogP contribution in [0, 0.1) is 17.2 Å². The molecule has 0 fully saturated rings. The van der Waals surface area contributed by atoms with E-state index in [9.17, 15) is 23.2 Å². The number of ether oxygens (including phenoxy) is 1. The molecule has 0 aliphatic rings. The molecule has 0 aliphatic heterocycles. The van der Waals surface area contributed by atoms with Gasteiger partial charge in [-0.1, -0.05) is 61.0 Å². The summed E-state index contributed by atoms with van der Waals surface area (Å²) in [7, 11) is 0. The molecule has 1 N–H and O–H groups in total. The second-order valence-corrected chi connectivity index (χ2v) is 7.20. The van der Waals surface area contributed by atoms with Crippen molar-refractivity contribution in [1.29, 1.82) is 5.26 Å². The first kappa shape index (κ1) is 25.0. The second-order valence-electron chi connectivity index (χ2n) is 6.79. The van der Waals surface area contributed by atoms with Crippen molar-refractivity contribution in [3.63, 3.8) is 0 Å². The minimum Gasteiger partial charge on any atom is -0.457 e. The highest BCUT2D eigenvalue weighted by Crippen LogP contribution is 2.32. The zero-order chi connectivity index (χ0) is 23.7. The number of carbonyl (C=O) groups is 1. The third-order valence-electron chi connectivity index (χ3n) is 4.61. The fraction of sp³-hybridized carbons (Fsp3) is 0.250. The van der Waals surface area contributed by atoms with Gasteiger partial charge in [0.15, 0.2) is 0 Å². The Kier molecular flexibility index (Phi) is 8.91. The maximum absolute atomic E-state index is 12.8. The first-order valence-corrected chi connectivity index (χ1v) is 10.2. The van der Waals surface area contributed by atoms with E-state index in [2.05, 4.69) is 5.32 Å². The van der Waals surface area contributed by atoms with Crippen LogP contribution in [0.2, 0.25) is 0 Å². The number of allylic oxidation sites excluding steroid dienone is 3. The molecule has 2 unspecified atom stereocenters. The number of nitrogens with one attached hydrogen (secondary N) is 1. The lowest BCUT2D eigenvalue weighted by Crippen LogP contribution is -2.31. The second kappa shape index (κ2) is 11.4. The fourth-order valence-corrected chi connectivity index (χ4v) is 3.15. The molecule has 2 atom stereocenters. The van der Waals surface area contributed by atoms with Gasteiger partial charge in [-0.25, -0.2) is 0 Å². The minimum atomic E-state index is -4.70. The summed E-state index contributed by atoms with van der Waals surface area (Å²) in [6, 6.07) is 16.7. The van der Waals surface area contributed by atoms with Gasteiger partial charge in [0, 0.05) is 11.5 Å². The number of nitriles is 1. The Morgan fingerprint density at radius 3 is 2.41 bits per heavy atom. The van der Waals surface area contributed by atoms with Crippen molar-refractivity contribution in [3.05, 3.63) is 82.9 Å². The Morgan fingerprint density at radius 2 is 1.84 bits per heavy atom. The maximum Gasteiger partial charge on any atom is 0.426 e. The summed E-state index contributed by atoms with van der Waals surface area (Å²) >= 11 is 5.36. The predicted octanol–water partition coefficient (Wildman–Crippen LogP) is 6.82. The molecule has 4 nitrogen and oxygen atoms in total. The van der Waals surface area contributed by atoms with Crippen molar-refractivity contribution < 1.29 is 22.7 Å². The number of alkyl halides is 3. The Hall–Kier alpha value is -3.24. The molecule has 2 rings (SSSR count). The number of amides is 1. The van der Waals surface area contributed by atoms with Crippen molar-refractivity contribution in [3.8, 4) is 17.6 Å². The van der Waals surface area contributed by atoms with Gasteiger partial charge in [-0.05, 0) is 43.2 Å². The SMILES string of the molecule is C/C=C(\C(=O)NC(C#N)c1cccc(Oc2ccccc2)c1)C(/C=C(\Cl)C(F)(F)F)CC. The van der Waals surface area contributed by atoms with Crippen LogP contribution >= 0.6 is 11.6 Å². The van der Waals surface area contributed by atoms with E-state index in [1.807, 2.05) is 24.3 Å². The molecule has 0 spiro atoms. The molecule has 0 heterocycles. The molecule has 32 heavy (non-hydrogen) atoms. The zero-order valence-electron chi connectivity index (χ0n) is 17.5. The number of carbonyl (C=O) groups excluding carboxylic acids is 1. The molecule has 2 aromatic carbocycles. The largest absolute Gasteiger partial charge is 0.457 e. The van der Waals surface area contributed by atoms with E-state index in [1.54, 1.807) is 50.2 Å². The number of hydrogen-bond acceptors (Lipinski definition) is 3. The van der Waals surface area contributed by atoms with E-state index in [-0.39, 0.29) is 12.0 Å². The zero-order valence-corrected chi connectivity index (χ0v) is 18.2. The number of benzene rings is 2. The van der Waals surface area contributed by atoms with Crippen molar-refractivity contribution in [2.45, 2.75) is 32.5 Å². The van der Waals surface area contributed by atoms with E-state index in [1.165, 1.54) is 6.08 Å². The highest BCUT2D eigenvalue weighted by molar-refractivity contribution is 6.30.